The van der Waals surface area contributed by atoms with E-state index in [4.69, 9.17) is 4.98 Å². The van der Waals surface area contributed by atoms with Gasteiger partial charge in [-0.05, 0) is 37.7 Å². The summed E-state index contributed by atoms with van der Waals surface area (Å²) in [5.74, 6) is 1.21. The van der Waals surface area contributed by atoms with Crippen molar-refractivity contribution in [3.63, 3.8) is 0 Å². The van der Waals surface area contributed by atoms with E-state index in [1.807, 2.05) is 11.3 Å². The summed E-state index contributed by atoms with van der Waals surface area (Å²) in [6, 6.07) is 0. The maximum Gasteiger partial charge on any atom is 0.141 e. The molecule has 0 aromatic carbocycles. The van der Waals surface area contributed by atoms with Crippen molar-refractivity contribution in [1.82, 2.24) is 15.3 Å². The molecular weight excluding hydrogens is 304 g/mol. The van der Waals surface area contributed by atoms with Crippen molar-refractivity contribution >= 4 is 27.4 Å². The maximum atomic E-state index is 4.75. The lowest BCUT2D eigenvalue weighted by atomic mass is 9.80. The molecule has 4 nitrogen and oxygen atoms in total. The van der Waals surface area contributed by atoms with Crippen LogP contribution >= 0.6 is 11.3 Å². The van der Waals surface area contributed by atoms with Crippen molar-refractivity contribution < 1.29 is 0 Å². The lowest BCUT2D eigenvalue weighted by Gasteiger charge is -2.46. The first kappa shape index (κ1) is 14.2. The molecule has 1 saturated heterocycles. The Kier molecular flexibility index (Phi) is 3.34. The topological polar surface area (TPSA) is 41.1 Å². The van der Waals surface area contributed by atoms with Crippen LogP contribution < -0.4 is 10.2 Å². The molecule has 2 fully saturated rings. The van der Waals surface area contributed by atoms with Crippen LogP contribution in [0.4, 0.5) is 5.82 Å². The fourth-order valence-electron chi connectivity index (χ4n) is 4.85. The van der Waals surface area contributed by atoms with Crippen LogP contribution in [0.3, 0.4) is 0 Å². The molecule has 2 aliphatic carbocycles. The van der Waals surface area contributed by atoms with Gasteiger partial charge >= 0.3 is 0 Å². The predicted octanol–water partition coefficient (Wildman–Crippen LogP) is 3.29. The summed E-state index contributed by atoms with van der Waals surface area (Å²) >= 11 is 1.90. The number of aryl methyl sites for hydroxylation is 2. The van der Waals surface area contributed by atoms with Gasteiger partial charge < -0.3 is 10.2 Å². The molecule has 5 rings (SSSR count). The van der Waals surface area contributed by atoms with E-state index in [2.05, 4.69) is 15.2 Å². The van der Waals surface area contributed by atoms with Gasteiger partial charge in [-0.2, -0.15) is 0 Å². The van der Waals surface area contributed by atoms with Gasteiger partial charge in [0.2, 0.25) is 0 Å². The number of nitrogens with zero attached hydrogens (tertiary/aromatic N) is 3. The van der Waals surface area contributed by atoms with E-state index in [0.717, 1.165) is 19.6 Å². The summed E-state index contributed by atoms with van der Waals surface area (Å²) in [7, 11) is 0. The number of fused-ring (bicyclic) bond motifs is 3. The first-order valence-electron chi connectivity index (χ1n) is 9.10. The molecular formula is C18H24N4S. The summed E-state index contributed by atoms with van der Waals surface area (Å²) in [5.41, 5.74) is 1.88. The van der Waals surface area contributed by atoms with Gasteiger partial charge in [0.15, 0.2) is 0 Å². The minimum atomic E-state index is 0.326. The first-order chi connectivity index (χ1) is 11.3. The molecule has 0 radical (unpaired) electrons. The quantitative estimate of drug-likeness (QED) is 0.872. The molecule has 1 spiro atoms. The van der Waals surface area contributed by atoms with Crippen molar-refractivity contribution in [2.45, 2.75) is 56.9 Å². The molecule has 0 unspecified atom stereocenters. The predicted molar refractivity (Wildman–Crippen MR) is 95.5 cm³/mol. The van der Waals surface area contributed by atoms with Gasteiger partial charge in [-0.3, -0.25) is 0 Å². The van der Waals surface area contributed by atoms with Crippen LogP contribution in [0.5, 0.6) is 0 Å². The lowest BCUT2D eigenvalue weighted by molar-refractivity contribution is 0.216. The van der Waals surface area contributed by atoms with E-state index in [9.17, 15) is 0 Å². The second-order valence-electron chi connectivity index (χ2n) is 7.42. The van der Waals surface area contributed by atoms with Crippen LogP contribution in [0.15, 0.2) is 6.33 Å². The molecule has 1 N–H and O–H groups in total. The molecule has 122 valence electrons. The summed E-state index contributed by atoms with van der Waals surface area (Å²) < 4.78 is 0. The van der Waals surface area contributed by atoms with E-state index in [-0.39, 0.29) is 0 Å². The zero-order valence-electron chi connectivity index (χ0n) is 13.6. The number of thiophene rings is 1. The van der Waals surface area contributed by atoms with E-state index < -0.39 is 0 Å². The van der Waals surface area contributed by atoms with E-state index >= 15 is 0 Å². The largest absolute Gasteiger partial charge is 0.353 e. The normalized spacial score (nSPS) is 23.6. The highest BCUT2D eigenvalue weighted by molar-refractivity contribution is 7.19. The molecule has 3 aliphatic rings. The van der Waals surface area contributed by atoms with Crippen LogP contribution in [0.2, 0.25) is 0 Å². The Balaban J connectivity index is 1.55. The highest BCUT2D eigenvalue weighted by Gasteiger charge is 2.37. The summed E-state index contributed by atoms with van der Waals surface area (Å²) in [5, 5.41) is 5.22. The van der Waals surface area contributed by atoms with Gasteiger partial charge in [-0.25, -0.2) is 9.97 Å². The average molecular weight is 328 g/mol. The smallest absolute Gasteiger partial charge is 0.141 e. The molecule has 5 heteroatoms. The fraction of sp³-hybridized carbons (Fsp3) is 0.667. The zero-order valence-corrected chi connectivity index (χ0v) is 14.4. The monoisotopic (exact) mass is 328 g/mol. The molecule has 3 heterocycles. The number of hydrogen-bond acceptors (Lipinski definition) is 5. The van der Waals surface area contributed by atoms with E-state index in [1.165, 1.54) is 67.4 Å². The summed E-state index contributed by atoms with van der Waals surface area (Å²) in [4.78, 5) is 14.6. The third kappa shape index (κ3) is 2.28. The van der Waals surface area contributed by atoms with Gasteiger partial charge in [-0.1, -0.05) is 19.3 Å². The third-order valence-corrected chi connectivity index (χ3v) is 7.17. The number of anilines is 1. The van der Waals surface area contributed by atoms with Crippen LogP contribution in [0, 0.1) is 0 Å². The summed E-state index contributed by atoms with van der Waals surface area (Å²) in [6.45, 7) is 3.26. The molecule has 23 heavy (non-hydrogen) atoms. The zero-order chi connectivity index (χ0) is 15.3. The van der Waals surface area contributed by atoms with Gasteiger partial charge in [0.1, 0.15) is 17.0 Å². The maximum absolute atomic E-state index is 4.75. The van der Waals surface area contributed by atoms with Gasteiger partial charge in [-0.15, -0.1) is 11.3 Å². The van der Waals surface area contributed by atoms with Crippen LogP contribution in [0.1, 0.15) is 49.0 Å². The van der Waals surface area contributed by atoms with Crippen molar-refractivity contribution in [1.29, 1.82) is 0 Å². The Morgan fingerprint density at radius 1 is 1.09 bits per heavy atom. The molecule has 2 aromatic heterocycles. The van der Waals surface area contributed by atoms with Crippen molar-refractivity contribution in [2.24, 2.45) is 0 Å². The number of piperazine rings is 1. The van der Waals surface area contributed by atoms with Crippen LogP contribution in [-0.4, -0.2) is 35.1 Å². The third-order valence-electron chi connectivity index (χ3n) is 5.97. The average Bonchev–Trinajstić information content (AvgIpc) is 3.16. The highest BCUT2D eigenvalue weighted by atomic mass is 32.1. The standard InChI is InChI=1S/C18H24N4S/c1-2-7-18(8-3-1)11-22(10-9-21-18)16-15-13-5-4-6-14(13)23-17(15)20-12-19-16/h12,21H,1-11H2. The van der Waals surface area contributed by atoms with Gasteiger partial charge in [0.05, 0.1) is 5.39 Å². The Morgan fingerprint density at radius 2 is 2.00 bits per heavy atom. The van der Waals surface area contributed by atoms with Crippen molar-refractivity contribution in [2.75, 3.05) is 24.5 Å². The molecule has 0 amide bonds. The lowest BCUT2D eigenvalue weighted by Crippen LogP contribution is -2.61. The Labute approximate surface area is 141 Å². The molecule has 2 aromatic rings. The van der Waals surface area contributed by atoms with Crippen LogP contribution in [0.25, 0.3) is 10.2 Å². The van der Waals surface area contributed by atoms with Crippen molar-refractivity contribution in [3.8, 4) is 0 Å². The van der Waals surface area contributed by atoms with Gasteiger partial charge in [0, 0.05) is 30.1 Å². The molecule has 1 saturated carbocycles. The highest BCUT2D eigenvalue weighted by Crippen LogP contribution is 2.41. The first-order valence-corrected chi connectivity index (χ1v) is 9.92. The number of rotatable bonds is 1. The number of nitrogens with one attached hydrogen (secondary N) is 1. The molecule has 0 atom stereocenters. The molecule has 0 bridgehead atoms. The minimum Gasteiger partial charge on any atom is -0.353 e. The Hall–Kier alpha value is -1.20. The Bertz CT molecular complexity index is 726. The van der Waals surface area contributed by atoms with Crippen molar-refractivity contribution in [3.05, 3.63) is 16.8 Å². The fourth-order valence-corrected chi connectivity index (χ4v) is 6.08. The van der Waals surface area contributed by atoms with E-state index in [0.29, 0.717) is 5.54 Å². The second kappa shape index (κ2) is 5.42. The van der Waals surface area contributed by atoms with E-state index in [1.54, 1.807) is 16.8 Å². The minimum absolute atomic E-state index is 0.326. The van der Waals surface area contributed by atoms with Crippen LogP contribution in [-0.2, 0) is 12.8 Å². The number of aromatic nitrogens is 2. The number of hydrogen-bond donors (Lipinski definition) is 1. The second-order valence-corrected chi connectivity index (χ2v) is 8.51. The SMILES string of the molecule is c1nc(N2CCNC3(CCCCC3)C2)c2c3c(sc2n1)CCC3. The summed E-state index contributed by atoms with van der Waals surface area (Å²) in [6.07, 6.45) is 12.3. The van der Waals surface area contributed by atoms with Gasteiger partial charge in [0.25, 0.3) is 0 Å². The Morgan fingerprint density at radius 3 is 2.91 bits per heavy atom. The molecule has 1 aliphatic heterocycles.